The van der Waals surface area contributed by atoms with Crippen molar-refractivity contribution < 1.29 is 14.3 Å². The number of carbonyl (C=O) groups excluding carboxylic acids is 2. The molecule has 26 heavy (non-hydrogen) atoms. The van der Waals surface area contributed by atoms with Crippen molar-refractivity contribution in [1.29, 1.82) is 0 Å². The zero-order valence-corrected chi connectivity index (χ0v) is 15.7. The van der Waals surface area contributed by atoms with Crippen LogP contribution in [0.3, 0.4) is 0 Å². The highest BCUT2D eigenvalue weighted by Crippen LogP contribution is 2.30. The summed E-state index contributed by atoms with van der Waals surface area (Å²) in [4.78, 5) is 27.8. The molecule has 1 aromatic carbocycles. The predicted octanol–water partition coefficient (Wildman–Crippen LogP) is 2.46. The molecule has 5 heteroatoms. The second kappa shape index (κ2) is 9.17. The van der Waals surface area contributed by atoms with Crippen molar-refractivity contribution in [2.45, 2.75) is 51.5 Å². The SMILES string of the molecule is Cc1ccccc1CC(=O)N1CCCOCCNC(=O)[C@@H]2CCCC[C@@H]21. The Hall–Kier alpha value is -1.88. The van der Waals surface area contributed by atoms with Crippen molar-refractivity contribution in [3.05, 3.63) is 35.4 Å². The van der Waals surface area contributed by atoms with Gasteiger partial charge in [-0.05, 0) is 37.3 Å². The quantitative estimate of drug-likeness (QED) is 0.883. The number of hydrogen-bond acceptors (Lipinski definition) is 3. The number of nitrogens with zero attached hydrogens (tertiary/aromatic N) is 1. The molecule has 1 heterocycles. The largest absolute Gasteiger partial charge is 0.380 e. The molecule has 0 bridgehead atoms. The lowest BCUT2D eigenvalue weighted by molar-refractivity contribution is -0.138. The van der Waals surface area contributed by atoms with E-state index in [1.54, 1.807) is 0 Å². The fourth-order valence-corrected chi connectivity index (χ4v) is 4.16. The Morgan fingerprint density at radius 2 is 2.00 bits per heavy atom. The zero-order chi connectivity index (χ0) is 18.4. The molecule has 142 valence electrons. The number of ether oxygens (including phenoxy) is 1. The molecule has 0 spiro atoms. The first-order valence-electron chi connectivity index (χ1n) is 9.86. The standard InChI is InChI=1S/C21H30N2O3/c1-16-7-2-3-8-17(16)15-20(24)23-12-6-13-26-14-11-22-21(25)18-9-4-5-10-19(18)23/h2-3,7-8,18-19H,4-6,9-15H2,1H3,(H,22,25)/t18-,19+/m1/s1. The van der Waals surface area contributed by atoms with E-state index in [4.69, 9.17) is 4.74 Å². The number of nitrogens with one attached hydrogen (secondary N) is 1. The van der Waals surface area contributed by atoms with E-state index in [0.29, 0.717) is 32.7 Å². The molecule has 3 rings (SSSR count). The second-order valence-corrected chi connectivity index (χ2v) is 7.41. The van der Waals surface area contributed by atoms with Crippen LogP contribution in [-0.4, -0.2) is 49.1 Å². The molecule has 1 N–H and O–H groups in total. The van der Waals surface area contributed by atoms with Gasteiger partial charge in [0.25, 0.3) is 0 Å². The molecule has 1 aliphatic heterocycles. The van der Waals surface area contributed by atoms with E-state index in [1.807, 2.05) is 36.1 Å². The molecular formula is C21H30N2O3. The minimum absolute atomic E-state index is 0.0124. The Balaban J connectivity index is 1.80. The van der Waals surface area contributed by atoms with Gasteiger partial charge in [-0.2, -0.15) is 0 Å². The normalized spacial score (nSPS) is 25.0. The number of carbonyl (C=O) groups is 2. The monoisotopic (exact) mass is 358 g/mol. The molecule has 2 fully saturated rings. The van der Waals surface area contributed by atoms with Crippen LogP contribution >= 0.6 is 0 Å². The Morgan fingerprint density at radius 3 is 2.85 bits per heavy atom. The van der Waals surface area contributed by atoms with E-state index in [-0.39, 0.29) is 23.8 Å². The summed E-state index contributed by atoms with van der Waals surface area (Å²) in [5.74, 6) is 0.111. The maximum Gasteiger partial charge on any atom is 0.227 e. The van der Waals surface area contributed by atoms with Crippen molar-refractivity contribution in [1.82, 2.24) is 10.2 Å². The van der Waals surface area contributed by atoms with E-state index in [9.17, 15) is 9.59 Å². The number of hydrogen-bond donors (Lipinski definition) is 1. The summed E-state index contributed by atoms with van der Waals surface area (Å²) < 4.78 is 5.58. The minimum Gasteiger partial charge on any atom is -0.380 e. The van der Waals surface area contributed by atoms with Crippen LogP contribution in [-0.2, 0) is 20.7 Å². The number of amides is 2. The van der Waals surface area contributed by atoms with Gasteiger partial charge in [-0.25, -0.2) is 0 Å². The second-order valence-electron chi connectivity index (χ2n) is 7.41. The molecule has 0 aromatic heterocycles. The van der Waals surface area contributed by atoms with Gasteiger partial charge in [-0.1, -0.05) is 37.1 Å². The summed E-state index contributed by atoms with van der Waals surface area (Å²) in [5.41, 5.74) is 2.21. The van der Waals surface area contributed by atoms with Crippen LogP contribution in [0.2, 0.25) is 0 Å². The molecule has 1 aliphatic carbocycles. The highest BCUT2D eigenvalue weighted by molar-refractivity contribution is 5.83. The molecule has 1 saturated heterocycles. The fourth-order valence-electron chi connectivity index (χ4n) is 4.16. The molecule has 0 unspecified atom stereocenters. The first kappa shape index (κ1) is 18.9. The Labute approximate surface area is 156 Å². The van der Waals surface area contributed by atoms with E-state index >= 15 is 0 Å². The maximum atomic E-state index is 13.2. The van der Waals surface area contributed by atoms with Crippen LogP contribution < -0.4 is 5.32 Å². The first-order chi connectivity index (χ1) is 12.7. The van der Waals surface area contributed by atoms with E-state index < -0.39 is 0 Å². The summed E-state index contributed by atoms with van der Waals surface area (Å²) in [6.45, 7) is 4.43. The molecule has 1 saturated carbocycles. The summed E-state index contributed by atoms with van der Waals surface area (Å²) in [5, 5.41) is 3.00. The molecule has 1 aromatic rings. The maximum absolute atomic E-state index is 13.2. The predicted molar refractivity (Wildman–Crippen MR) is 101 cm³/mol. The smallest absolute Gasteiger partial charge is 0.227 e. The third-order valence-electron chi connectivity index (χ3n) is 5.62. The van der Waals surface area contributed by atoms with Gasteiger partial charge in [0, 0.05) is 25.7 Å². The minimum atomic E-state index is -0.0947. The molecule has 0 radical (unpaired) electrons. The summed E-state index contributed by atoms with van der Waals surface area (Å²) in [6.07, 6.45) is 5.14. The van der Waals surface area contributed by atoms with Crippen LogP contribution in [0, 0.1) is 12.8 Å². The van der Waals surface area contributed by atoms with Crippen LogP contribution in [0.5, 0.6) is 0 Å². The molecule has 2 atom stereocenters. The van der Waals surface area contributed by atoms with Gasteiger partial charge in [-0.15, -0.1) is 0 Å². The number of benzene rings is 1. The third kappa shape index (κ3) is 4.64. The Kier molecular flexibility index (Phi) is 6.67. The van der Waals surface area contributed by atoms with Gasteiger partial charge in [-0.3, -0.25) is 9.59 Å². The summed E-state index contributed by atoms with van der Waals surface area (Å²) in [6, 6.07) is 8.05. The lowest BCUT2D eigenvalue weighted by atomic mass is 9.82. The lowest BCUT2D eigenvalue weighted by Gasteiger charge is -2.39. The van der Waals surface area contributed by atoms with E-state index in [2.05, 4.69) is 5.32 Å². The van der Waals surface area contributed by atoms with Gasteiger partial charge in [0.15, 0.2) is 0 Å². The number of fused-ring (bicyclic) bond motifs is 1. The molecule has 2 aliphatic rings. The van der Waals surface area contributed by atoms with Gasteiger partial charge in [0.1, 0.15) is 0 Å². The Morgan fingerprint density at radius 1 is 1.19 bits per heavy atom. The molecule has 2 amide bonds. The fraction of sp³-hybridized carbons (Fsp3) is 0.619. The topological polar surface area (TPSA) is 58.6 Å². The van der Waals surface area contributed by atoms with Crippen molar-refractivity contribution >= 4 is 11.8 Å². The summed E-state index contributed by atoms with van der Waals surface area (Å²) in [7, 11) is 0. The van der Waals surface area contributed by atoms with Crippen molar-refractivity contribution in [3.8, 4) is 0 Å². The highest BCUT2D eigenvalue weighted by Gasteiger charge is 2.36. The number of rotatable bonds is 2. The average molecular weight is 358 g/mol. The first-order valence-corrected chi connectivity index (χ1v) is 9.86. The average Bonchev–Trinajstić information content (AvgIpc) is 2.68. The van der Waals surface area contributed by atoms with Gasteiger partial charge >= 0.3 is 0 Å². The van der Waals surface area contributed by atoms with Crippen molar-refractivity contribution in [2.75, 3.05) is 26.3 Å². The van der Waals surface area contributed by atoms with Crippen molar-refractivity contribution in [2.24, 2.45) is 5.92 Å². The molecule has 5 nitrogen and oxygen atoms in total. The van der Waals surface area contributed by atoms with Crippen LogP contribution in [0.1, 0.15) is 43.2 Å². The lowest BCUT2D eigenvalue weighted by Crippen LogP contribution is -2.51. The summed E-state index contributed by atoms with van der Waals surface area (Å²) >= 11 is 0. The van der Waals surface area contributed by atoms with Gasteiger partial charge in [0.2, 0.25) is 11.8 Å². The number of aryl methyl sites for hydroxylation is 1. The zero-order valence-electron chi connectivity index (χ0n) is 15.7. The van der Waals surface area contributed by atoms with Gasteiger partial charge < -0.3 is 15.0 Å². The van der Waals surface area contributed by atoms with Gasteiger partial charge in [0.05, 0.1) is 18.9 Å². The highest BCUT2D eigenvalue weighted by atomic mass is 16.5. The van der Waals surface area contributed by atoms with Crippen LogP contribution in [0.15, 0.2) is 24.3 Å². The van der Waals surface area contributed by atoms with E-state index in [1.165, 1.54) is 0 Å². The van der Waals surface area contributed by atoms with Crippen LogP contribution in [0.25, 0.3) is 0 Å². The molecular weight excluding hydrogens is 328 g/mol. The van der Waals surface area contributed by atoms with Crippen molar-refractivity contribution in [3.63, 3.8) is 0 Å². The Bertz CT molecular complexity index is 631. The van der Waals surface area contributed by atoms with E-state index in [0.717, 1.165) is 43.2 Å². The third-order valence-corrected chi connectivity index (χ3v) is 5.62. The van der Waals surface area contributed by atoms with Crippen LogP contribution in [0.4, 0.5) is 0 Å².